The van der Waals surface area contributed by atoms with E-state index in [0.29, 0.717) is 6.42 Å². The summed E-state index contributed by atoms with van der Waals surface area (Å²) in [5.41, 5.74) is -0.926. The molecule has 82 valence electrons. The number of aliphatic carboxylic acids is 1. The number of hydrogen-bond donors (Lipinski definition) is 1. The molecule has 0 fully saturated rings. The van der Waals surface area contributed by atoms with Crippen LogP contribution in [0.25, 0.3) is 0 Å². The number of likely N-dealkylation sites (N-methyl/N-ethyl adjacent to an activating group) is 1. The molecule has 0 aromatic heterocycles. The Morgan fingerprint density at radius 2 is 2.00 bits per heavy atom. The van der Waals surface area contributed by atoms with Gasteiger partial charge in [-0.3, -0.25) is 9.59 Å². The molecule has 5 heteroatoms. The number of nitrogens with zero attached hydrogens (tertiary/aromatic N) is 1. The Morgan fingerprint density at radius 3 is 2.29 bits per heavy atom. The van der Waals surface area contributed by atoms with Gasteiger partial charge in [0, 0.05) is 14.2 Å². The highest BCUT2D eigenvalue weighted by molar-refractivity contribution is 5.87. The van der Waals surface area contributed by atoms with E-state index in [0.717, 1.165) is 4.90 Å². The smallest absolute Gasteiger partial charge is 0.323 e. The summed E-state index contributed by atoms with van der Waals surface area (Å²) in [5, 5.41) is 8.51. The average molecular weight is 203 g/mol. The van der Waals surface area contributed by atoms with Crippen molar-refractivity contribution in [1.82, 2.24) is 4.90 Å². The maximum Gasteiger partial charge on any atom is 0.323 e. The number of rotatable bonds is 5. The Bertz CT molecular complexity index is 223. The Kier molecular flexibility index (Phi) is 4.56. The molecule has 1 unspecified atom stereocenters. The minimum Gasteiger partial charge on any atom is -0.480 e. The van der Waals surface area contributed by atoms with Crippen molar-refractivity contribution in [2.45, 2.75) is 25.9 Å². The predicted molar refractivity (Wildman–Crippen MR) is 51.0 cm³/mol. The number of ether oxygens (including phenoxy) is 1. The van der Waals surface area contributed by atoms with Crippen LogP contribution in [0.3, 0.4) is 0 Å². The second kappa shape index (κ2) is 4.95. The highest BCUT2D eigenvalue weighted by Gasteiger charge is 2.34. The number of amides is 1. The van der Waals surface area contributed by atoms with Crippen molar-refractivity contribution >= 4 is 11.9 Å². The molecule has 1 amide bonds. The van der Waals surface area contributed by atoms with Crippen LogP contribution in [0.2, 0.25) is 0 Å². The third-order valence-electron chi connectivity index (χ3n) is 2.30. The summed E-state index contributed by atoms with van der Waals surface area (Å²) in [5.74, 6) is -1.35. The minimum atomic E-state index is -1.03. The van der Waals surface area contributed by atoms with Crippen LogP contribution < -0.4 is 0 Å². The van der Waals surface area contributed by atoms with Crippen LogP contribution in [0, 0.1) is 0 Å². The fourth-order valence-electron chi connectivity index (χ4n) is 1.06. The SMILES string of the molecule is CCC(C)(OC)C(=O)N(C)CC(=O)O. The highest BCUT2D eigenvalue weighted by atomic mass is 16.5. The highest BCUT2D eigenvalue weighted by Crippen LogP contribution is 2.16. The summed E-state index contributed by atoms with van der Waals surface area (Å²) in [6.45, 7) is 3.15. The van der Waals surface area contributed by atoms with Gasteiger partial charge in [-0.05, 0) is 13.3 Å². The lowest BCUT2D eigenvalue weighted by molar-refractivity contribution is -0.156. The van der Waals surface area contributed by atoms with Gasteiger partial charge in [0.25, 0.3) is 5.91 Å². The topological polar surface area (TPSA) is 66.8 Å². The Hall–Kier alpha value is -1.10. The molecule has 1 atom stereocenters. The van der Waals surface area contributed by atoms with Gasteiger partial charge in [-0.25, -0.2) is 0 Å². The zero-order chi connectivity index (χ0) is 11.4. The third-order valence-corrected chi connectivity index (χ3v) is 2.30. The van der Waals surface area contributed by atoms with Gasteiger partial charge < -0.3 is 14.7 Å². The lowest BCUT2D eigenvalue weighted by atomic mass is 10.0. The van der Waals surface area contributed by atoms with Crippen LogP contribution in [0.1, 0.15) is 20.3 Å². The lowest BCUT2D eigenvalue weighted by Crippen LogP contribution is -2.47. The molecule has 0 saturated carbocycles. The standard InChI is InChI=1S/C9H17NO4/c1-5-9(2,14-4)8(13)10(3)6-7(11)12/h5-6H2,1-4H3,(H,11,12). The molecule has 0 aliphatic carbocycles. The maximum atomic E-state index is 11.7. The third kappa shape index (κ3) is 2.99. The fraction of sp³-hybridized carbons (Fsp3) is 0.778. The number of methoxy groups -OCH3 is 1. The number of carbonyl (C=O) groups is 2. The van der Waals surface area contributed by atoms with Gasteiger partial charge in [0.05, 0.1) is 0 Å². The first-order valence-electron chi connectivity index (χ1n) is 4.40. The molecule has 0 saturated heterocycles. The average Bonchev–Trinajstić information content (AvgIpc) is 2.14. The van der Waals surface area contributed by atoms with E-state index in [9.17, 15) is 9.59 Å². The molecule has 0 heterocycles. The van der Waals surface area contributed by atoms with E-state index in [1.807, 2.05) is 6.92 Å². The van der Waals surface area contributed by atoms with Crippen molar-refractivity contribution < 1.29 is 19.4 Å². The van der Waals surface area contributed by atoms with Gasteiger partial charge in [0.2, 0.25) is 0 Å². The zero-order valence-electron chi connectivity index (χ0n) is 9.03. The first-order chi connectivity index (χ1) is 6.37. The van der Waals surface area contributed by atoms with Gasteiger partial charge >= 0.3 is 5.97 Å². The van der Waals surface area contributed by atoms with Crippen molar-refractivity contribution in [1.29, 1.82) is 0 Å². The van der Waals surface area contributed by atoms with Crippen molar-refractivity contribution in [3.63, 3.8) is 0 Å². The van der Waals surface area contributed by atoms with Crippen molar-refractivity contribution in [3.8, 4) is 0 Å². The first-order valence-corrected chi connectivity index (χ1v) is 4.40. The summed E-state index contributed by atoms with van der Waals surface area (Å²) < 4.78 is 5.07. The molecule has 0 radical (unpaired) electrons. The molecule has 5 nitrogen and oxygen atoms in total. The molecule has 0 spiro atoms. The largest absolute Gasteiger partial charge is 0.480 e. The molecule has 0 aliphatic rings. The summed E-state index contributed by atoms with van der Waals surface area (Å²) in [6, 6.07) is 0. The van der Waals surface area contributed by atoms with Crippen LogP contribution in [0.4, 0.5) is 0 Å². The zero-order valence-corrected chi connectivity index (χ0v) is 9.03. The van der Waals surface area contributed by atoms with E-state index >= 15 is 0 Å². The van der Waals surface area contributed by atoms with Gasteiger partial charge in [-0.1, -0.05) is 6.92 Å². The van der Waals surface area contributed by atoms with Gasteiger partial charge in [-0.15, -0.1) is 0 Å². The fourth-order valence-corrected chi connectivity index (χ4v) is 1.06. The van der Waals surface area contributed by atoms with Crippen molar-refractivity contribution in [2.75, 3.05) is 20.7 Å². The minimum absolute atomic E-state index is 0.308. The number of carbonyl (C=O) groups excluding carboxylic acids is 1. The number of carboxylic acid groups (broad SMARTS) is 1. The number of carboxylic acids is 1. The van der Waals surface area contributed by atoms with Crippen LogP contribution in [-0.2, 0) is 14.3 Å². The van der Waals surface area contributed by atoms with E-state index in [1.54, 1.807) is 6.92 Å². The Labute approximate surface area is 83.6 Å². The van der Waals surface area contributed by atoms with Gasteiger partial charge in [0.1, 0.15) is 12.1 Å². The summed E-state index contributed by atoms with van der Waals surface area (Å²) >= 11 is 0. The molecule has 1 N–H and O–H groups in total. The van der Waals surface area contributed by atoms with E-state index < -0.39 is 11.6 Å². The Morgan fingerprint density at radius 1 is 1.50 bits per heavy atom. The molecule has 0 aliphatic heterocycles. The van der Waals surface area contributed by atoms with Crippen LogP contribution >= 0.6 is 0 Å². The molecule has 0 aromatic carbocycles. The second-order valence-electron chi connectivity index (χ2n) is 3.34. The molecule has 0 bridgehead atoms. The lowest BCUT2D eigenvalue weighted by Gasteiger charge is -2.29. The van der Waals surface area contributed by atoms with Crippen molar-refractivity contribution in [3.05, 3.63) is 0 Å². The molecular weight excluding hydrogens is 186 g/mol. The van der Waals surface area contributed by atoms with Crippen LogP contribution in [0.15, 0.2) is 0 Å². The second-order valence-corrected chi connectivity index (χ2v) is 3.34. The normalized spacial score (nSPS) is 14.6. The van der Waals surface area contributed by atoms with Gasteiger partial charge in [0.15, 0.2) is 0 Å². The maximum absolute atomic E-state index is 11.7. The van der Waals surface area contributed by atoms with E-state index in [1.165, 1.54) is 14.2 Å². The molecule has 0 aromatic rings. The summed E-state index contributed by atoms with van der Waals surface area (Å²) in [7, 11) is 2.89. The quantitative estimate of drug-likeness (QED) is 0.700. The van der Waals surface area contributed by atoms with Crippen LogP contribution in [0.5, 0.6) is 0 Å². The molecule has 0 rings (SSSR count). The van der Waals surface area contributed by atoms with E-state index in [-0.39, 0.29) is 12.5 Å². The first kappa shape index (κ1) is 12.9. The summed E-state index contributed by atoms with van der Waals surface area (Å²) in [6.07, 6.45) is 0.506. The predicted octanol–water partition coefficient (Wildman–Crippen LogP) is 0.344. The van der Waals surface area contributed by atoms with Crippen molar-refractivity contribution in [2.24, 2.45) is 0 Å². The molecular formula is C9H17NO4. The summed E-state index contributed by atoms with van der Waals surface area (Å²) in [4.78, 5) is 23.2. The monoisotopic (exact) mass is 203 g/mol. The molecule has 14 heavy (non-hydrogen) atoms. The number of hydrogen-bond acceptors (Lipinski definition) is 3. The van der Waals surface area contributed by atoms with E-state index in [2.05, 4.69) is 0 Å². The van der Waals surface area contributed by atoms with Gasteiger partial charge in [-0.2, -0.15) is 0 Å². The van der Waals surface area contributed by atoms with E-state index in [4.69, 9.17) is 9.84 Å². The van der Waals surface area contributed by atoms with Crippen LogP contribution in [-0.4, -0.2) is 48.2 Å². The Balaban J connectivity index is 4.50.